The average Bonchev–Trinajstić information content (AvgIpc) is 3.68. The number of aromatic amines is 1. The summed E-state index contributed by atoms with van der Waals surface area (Å²) in [5.41, 5.74) is 4.81. The second-order valence-electron chi connectivity index (χ2n) is 10.0. The Balaban J connectivity index is 1.12. The van der Waals surface area contributed by atoms with Crippen LogP contribution >= 0.6 is 0 Å². The van der Waals surface area contributed by atoms with E-state index in [2.05, 4.69) is 41.2 Å². The summed E-state index contributed by atoms with van der Waals surface area (Å²) in [5, 5.41) is 3.31. The number of anilines is 3. The first-order chi connectivity index (χ1) is 18.0. The summed E-state index contributed by atoms with van der Waals surface area (Å²) in [7, 11) is 3.92. The van der Waals surface area contributed by atoms with Gasteiger partial charge < -0.3 is 20.1 Å². The number of aromatic nitrogens is 5. The highest BCUT2D eigenvalue weighted by Gasteiger charge is 2.34. The summed E-state index contributed by atoms with van der Waals surface area (Å²) in [6.45, 7) is 4.27. The fourth-order valence-electron chi connectivity index (χ4n) is 4.71. The van der Waals surface area contributed by atoms with Gasteiger partial charge in [0.05, 0.1) is 16.7 Å². The number of hydrogen-bond donors (Lipinski definition) is 2. The number of nitrogens with zero attached hydrogens (tertiary/aromatic N) is 7. The SMILES string of the molecule is CN(C)c1cc(-c2ccc3nc(Nc4cc(CN5CCN(C(=O)C6CC6)CC5)ccn4)[nH]c3c2)ncn1. The van der Waals surface area contributed by atoms with Gasteiger partial charge in [-0.2, -0.15) is 0 Å². The van der Waals surface area contributed by atoms with E-state index in [4.69, 9.17) is 0 Å². The van der Waals surface area contributed by atoms with Gasteiger partial charge in [-0.15, -0.1) is 0 Å². The van der Waals surface area contributed by atoms with Crippen molar-refractivity contribution in [2.45, 2.75) is 19.4 Å². The molecular weight excluding hydrogens is 466 g/mol. The van der Waals surface area contributed by atoms with Gasteiger partial charge in [0, 0.05) is 70.6 Å². The zero-order valence-electron chi connectivity index (χ0n) is 21.2. The Kier molecular flexibility index (Phi) is 6.17. The van der Waals surface area contributed by atoms with Crippen LogP contribution in [-0.4, -0.2) is 80.9 Å². The predicted molar refractivity (Wildman–Crippen MR) is 144 cm³/mol. The van der Waals surface area contributed by atoms with Crippen LogP contribution in [0.15, 0.2) is 48.9 Å². The molecule has 1 aromatic carbocycles. The van der Waals surface area contributed by atoms with Gasteiger partial charge in [0.15, 0.2) is 0 Å². The van der Waals surface area contributed by atoms with Crippen molar-refractivity contribution < 1.29 is 4.79 Å². The molecule has 1 saturated carbocycles. The van der Waals surface area contributed by atoms with Crippen LogP contribution in [0.25, 0.3) is 22.3 Å². The summed E-state index contributed by atoms with van der Waals surface area (Å²) in [4.78, 5) is 40.0. The maximum atomic E-state index is 12.3. The van der Waals surface area contributed by atoms with E-state index < -0.39 is 0 Å². The Hall–Kier alpha value is -4.05. The number of imidazole rings is 1. The molecule has 0 radical (unpaired) electrons. The molecule has 2 aliphatic rings. The van der Waals surface area contributed by atoms with Crippen LogP contribution in [0.4, 0.5) is 17.6 Å². The van der Waals surface area contributed by atoms with Crippen molar-refractivity contribution in [1.82, 2.24) is 34.7 Å². The third-order valence-electron chi connectivity index (χ3n) is 6.98. The van der Waals surface area contributed by atoms with E-state index in [9.17, 15) is 4.79 Å². The van der Waals surface area contributed by atoms with Gasteiger partial charge >= 0.3 is 0 Å². The molecule has 2 fully saturated rings. The lowest BCUT2D eigenvalue weighted by molar-refractivity contribution is -0.134. The monoisotopic (exact) mass is 497 g/mol. The number of rotatable bonds is 7. The van der Waals surface area contributed by atoms with Crippen molar-refractivity contribution in [3.63, 3.8) is 0 Å². The summed E-state index contributed by atoms with van der Waals surface area (Å²) in [6.07, 6.45) is 5.54. The van der Waals surface area contributed by atoms with Crippen molar-refractivity contribution in [2.75, 3.05) is 50.5 Å². The number of carbonyl (C=O) groups excluding carboxylic acids is 1. The minimum absolute atomic E-state index is 0.299. The number of benzene rings is 1. The second-order valence-corrected chi connectivity index (χ2v) is 10.0. The van der Waals surface area contributed by atoms with Gasteiger partial charge in [-0.25, -0.2) is 19.9 Å². The molecule has 4 aromatic rings. The number of H-pyrrole nitrogens is 1. The van der Waals surface area contributed by atoms with Crippen molar-refractivity contribution in [3.8, 4) is 11.3 Å². The zero-order valence-corrected chi connectivity index (χ0v) is 21.2. The Morgan fingerprint density at radius 3 is 2.68 bits per heavy atom. The molecule has 2 N–H and O–H groups in total. The summed E-state index contributed by atoms with van der Waals surface area (Å²) >= 11 is 0. The van der Waals surface area contributed by atoms with Crippen LogP contribution in [0.5, 0.6) is 0 Å². The average molecular weight is 498 g/mol. The number of piperazine rings is 1. The number of nitrogens with one attached hydrogen (secondary N) is 2. The highest BCUT2D eigenvalue weighted by molar-refractivity contribution is 5.83. The molecule has 10 heteroatoms. The largest absolute Gasteiger partial charge is 0.363 e. The molecule has 1 aliphatic carbocycles. The molecule has 0 spiro atoms. The molecule has 37 heavy (non-hydrogen) atoms. The third kappa shape index (κ3) is 5.24. The van der Waals surface area contributed by atoms with Crippen LogP contribution in [-0.2, 0) is 11.3 Å². The summed E-state index contributed by atoms with van der Waals surface area (Å²) in [6, 6.07) is 12.1. The maximum Gasteiger partial charge on any atom is 0.225 e. The third-order valence-corrected chi connectivity index (χ3v) is 6.98. The van der Waals surface area contributed by atoms with Crippen LogP contribution in [0, 0.1) is 5.92 Å². The molecule has 190 valence electrons. The van der Waals surface area contributed by atoms with E-state index in [0.29, 0.717) is 17.8 Å². The molecule has 4 heterocycles. The second kappa shape index (κ2) is 9.78. The minimum atomic E-state index is 0.299. The molecule has 0 bridgehead atoms. The van der Waals surface area contributed by atoms with Crippen LogP contribution in [0.3, 0.4) is 0 Å². The number of hydrogen-bond acceptors (Lipinski definition) is 8. The number of pyridine rings is 1. The zero-order chi connectivity index (χ0) is 25.4. The van der Waals surface area contributed by atoms with Gasteiger partial charge in [0.2, 0.25) is 11.9 Å². The predicted octanol–water partition coefficient (Wildman–Crippen LogP) is 3.28. The highest BCUT2D eigenvalue weighted by Crippen LogP contribution is 2.31. The van der Waals surface area contributed by atoms with Crippen molar-refractivity contribution in [3.05, 3.63) is 54.5 Å². The summed E-state index contributed by atoms with van der Waals surface area (Å²) < 4.78 is 0. The Morgan fingerprint density at radius 1 is 1.05 bits per heavy atom. The highest BCUT2D eigenvalue weighted by atomic mass is 16.2. The van der Waals surface area contributed by atoms with Gasteiger partial charge in [-0.3, -0.25) is 9.69 Å². The van der Waals surface area contributed by atoms with Gasteiger partial charge in [-0.05, 0) is 42.7 Å². The molecule has 10 nitrogen and oxygen atoms in total. The van der Waals surface area contributed by atoms with Crippen molar-refractivity contribution in [1.29, 1.82) is 0 Å². The lowest BCUT2D eigenvalue weighted by Crippen LogP contribution is -2.48. The molecule has 1 saturated heterocycles. The first kappa shape index (κ1) is 23.4. The smallest absolute Gasteiger partial charge is 0.225 e. The molecule has 6 rings (SSSR count). The molecule has 0 unspecified atom stereocenters. The molecule has 1 amide bonds. The Bertz CT molecular complexity index is 1420. The normalized spacial score (nSPS) is 16.2. The van der Waals surface area contributed by atoms with Crippen molar-refractivity contribution in [2.24, 2.45) is 5.92 Å². The molecule has 0 atom stereocenters. The van der Waals surface area contributed by atoms with E-state index >= 15 is 0 Å². The first-order valence-electron chi connectivity index (χ1n) is 12.7. The molecule has 3 aromatic heterocycles. The molecule has 1 aliphatic heterocycles. The van der Waals surface area contributed by atoms with Crippen LogP contribution < -0.4 is 10.2 Å². The minimum Gasteiger partial charge on any atom is -0.363 e. The quantitative estimate of drug-likeness (QED) is 0.401. The van der Waals surface area contributed by atoms with E-state index in [1.807, 2.05) is 60.4 Å². The van der Waals surface area contributed by atoms with Crippen LogP contribution in [0.1, 0.15) is 18.4 Å². The van der Waals surface area contributed by atoms with E-state index in [-0.39, 0.29) is 0 Å². The fourth-order valence-corrected chi connectivity index (χ4v) is 4.71. The first-order valence-corrected chi connectivity index (χ1v) is 12.7. The lowest BCUT2D eigenvalue weighted by Gasteiger charge is -2.34. The Labute approximate surface area is 215 Å². The number of fused-ring (bicyclic) bond motifs is 1. The van der Waals surface area contributed by atoms with Crippen molar-refractivity contribution >= 4 is 34.5 Å². The van der Waals surface area contributed by atoms with Gasteiger partial charge in [0.25, 0.3) is 0 Å². The lowest BCUT2D eigenvalue weighted by atomic mass is 10.1. The number of amides is 1. The van der Waals surface area contributed by atoms with E-state index in [0.717, 1.165) is 79.5 Å². The van der Waals surface area contributed by atoms with Gasteiger partial charge in [-0.1, -0.05) is 6.07 Å². The van der Waals surface area contributed by atoms with Crippen LogP contribution in [0.2, 0.25) is 0 Å². The maximum absolute atomic E-state index is 12.3. The van der Waals surface area contributed by atoms with E-state index in [1.54, 1.807) is 6.33 Å². The standard InChI is InChI=1S/C27H31N9O/c1-34(2)25-15-22(29-17-30-25)20-5-6-21-23(14-20)32-27(31-21)33-24-13-18(7-8-28-24)16-35-9-11-36(12-10-35)26(37)19-3-4-19/h5-8,13-15,17,19H,3-4,9-12,16H2,1-2H3,(H2,28,31,32,33). The van der Waals surface area contributed by atoms with Gasteiger partial charge in [0.1, 0.15) is 18.0 Å². The topological polar surface area (TPSA) is 106 Å². The fraction of sp³-hybridized carbons (Fsp3) is 0.370. The Morgan fingerprint density at radius 2 is 1.89 bits per heavy atom. The summed E-state index contributed by atoms with van der Waals surface area (Å²) in [5.74, 6) is 2.89. The molecular formula is C27H31N9O. The van der Waals surface area contributed by atoms with E-state index in [1.165, 1.54) is 5.56 Å². The number of carbonyl (C=O) groups is 1.